The summed E-state index contributed by atoms with van der Waals surface area (Å²) in [6.45, 7) is 3.11. The van der Waals surface area contributed by atoms with Crippen molar-refractivity contribution in [2.45, 2.75) is 31.1 Å². The highest BCUT2D eigenvalue weighted by atomic mass is 127. The second kappa shape index (κ2) is 9.32. The SMILES string of the molecule is CN=C(NCC1(CCO)CCOC1)NCC1(c2ccc(F)cc2)CC1.I. The number of benzene rings is 1. The van der Waals surface area contributed by atoms with Crippen molar-refractivity contribution in [1.29, 1.82) is 0 Å². The Morgan fingerprint density at radius 2 is 1.88 bits per heavy atom. The van der Waals surface area contributed by atoms with Crippen LogP contribution in [0.15, 0.2) is 29.3 Å². The maximum atomic E-state index is 13.1. The molecule has 0 radical (unpaired) electrons. The molecule has 1 saturated heterocycles. The first-order valence-electron chi connectivity index (χ1n) is 9.01. The third-order valence-corrected chi connectivity index (χ3v) is 5.59. The first-order chi connectivity index (χ1) is 12.1. The zero-order valence-corrected chi connectivity index (χ0v) is 17.6. The van der Waals surface area contributed by atoms with Gasteiger partial charge in [0.2, 0.25) is 0 Å². The van der Waals surface area contributed by atoms with E-state index in [2.05, 4.69) is 15.6 Å². The summed E-state index contributed by atoms with van der Waals surface area (Å²) in [5.41, 5.74) is 1.25. The van der Waals surface area contributed by atoms with Crippen LogP contribution >= 0.6 is 24.0 Å². The first-order valence-corrected chi connectivity index (χ1v) is 9.01. The zero-order chi connectivity index (χ0) is 17.8. The van der Waals surface area contributed by atoms with Gasteiger partial charge >= 0.3 is 0 Å². The number of aliphatic hydroxyl groups is 1. The van der Waals surface area contributed by atoms with Crippen LogP contribution in [-0.4, -0.2) is 51.0 Å². The van der Waals surface area contributed by atoms with Gasteiger partial charge in [0, 0.05) is 44.2 Å². The lowest BCUT2D eigenvalue weighted by Crippen LogP contribution is -2.46. The minimum Gasteiger partial charge on any atom is -0.396 e. The average Bonchev–Trinajstić information content (AvgIpc) is 3.27. The van der Waals surface area contributed by atoms with Crippen LogP contribution in [0.1, 0.15) is 31.2 Å². The van der Waals surface area contributed by atoms with E-state index in [0.717, 1.165) is 51.3 Å². The summed E-state index contributed by atoms with van der Waals surface area (Å²) >= 11 is 0. The van der Waals surface area contributed by atoms with E-state index in [1.165, 1.54) is 17.7 Å². The van der Waals surface area contributed by atoms with Gasteiger partial charge in [0.25, 0.3) is 0 Å². The number of ether oxygens (including phenoxy) is 1. The number of aliphatic imine (C=N–C) groups is 1. The van der Waals surface area contributed by atoms with Gasteiger partial charge in [-0.05, 0) is 43.4 Å². The van der Waals surface area contributed by atoms with Crippen LogP contribution in [0, 0.1) is 11.2 Å². The standard InChI is InChI=1S/C19H28FN3O2.HI/c1-21-17(22-12-18(8-10-24)9-11-25-14-18)23-13-19(6-7-19)15-2-4-16(20)5-3-15;/h2-5,24H,6-14H2,1H3,(H2,21,22,23);1H. The van der Waals surface area contributed by atoms with E-state index in [1.807, 2.05) is 12.1 Å². The van der Waals surface area contributed by atoms with Crippen LogP contribution in [0.2, 0.25) is 0 Å². The summed E-state index contributed by atoms with van der Waals surface area (Å²) < 4.78 is 18.7. The Morgan fingerprint density at radius 3 is 2.42 bits per heavy atom. The number of aliphatic hydroxyl groups excluding tert-OH is 1. The quantitative estimate of drug-likeness (QED) is 0.321. The highest BCUT2D eigenvalue weighted by Gasteiger charge is 2.44. The Morgan fingerprint density at radius 1 is 1.19 bits per heavy atom. The molecular formula is C19H29FIN3O2. The molecule has 0 spiro atoms. The molecule has 1 aliphatic carbocycles. The van der Waals surface area contributed by atoms with Crippen molar-refractivity contribution in [2.24, 2.45) is 10.4 Å². The van der Waals surface area contributed by atoms with Gasteiger partial charge < -0.3 is 20.5 Å². The molecular weight excluding hydrogens is 448 g/mol. The molecule has 7 heteroatoms. The second-order valence-electron chi connectivity index (χ2n) is 7.34. The number of nitrogens with one attached hydrogen (secondary N) is 2. The molecule has 0 bridgehead atoms. The van der Waals surface area contributed by atoms with E-state index in [4.69, 9.17) is 4.74 Å². The van der Waals surface area contributed by atoms with Gasteiger partial charge in [-0.3, -0.25) is 4.99 Å². The molecule has 0 amide bonds. The predicted molar refractivity (Wildman–Crippen MR) is 112 cm³/mol. The topological polar surface area (TPSA) is 65.9 Å². The summed E-state index contributed by atoms with van der Waals surface area (Å²) in [5.74, 6) is 0.565. The summed E-state index contributed by atoms with van der Waals surface area (Å²) in [7, 11) is 1.76. The molecule has 1 heterocycles. The van der Waals surface area contributed by atoms with Gasteiger partial charge in [0.05, 0.1) is 6.61 Å². The number of hydrogen-bond acceptors (Lipinski definition) is 3. The maximum absolute atomic E-state index is 13.1. The van der Waals surface area contributed by atoms with E-state index in [1.54, 1.807) is 7.05 Å². The summed E-state index contributed by atoms with van der Waals surface area (Å²) in [5, 5.41) is 16.1. The molecule has 1 aromatic carbocycles. The van der Waals surface area contributed by atoms with Crippen LogP contribution in [0.25, 0.3) is 0 Å². The second-order valence-corrected chi connectivity index (χ2v) is 7.34. The van der Waals surface area contributed by atoms with Gasteiger partial charge in [-0.1, -0.05) is 12.1 Å². The molecule has 1 saturated carbocycles. The van der Waals surface area contributed by atoms with E-state index in [9.17, 15) is 9.50 Å². The van der Waals surface area contributed by atoms with E-state index >= 15 is 0 Å². The van der Waals surface area contributed by atoms with Crippen LogP contribution in [0.3, 0.4) is 0 Å². The van der Waals surface area contributed by atoms with Crippen molar-refractivity contribution in [1.82, 2.24) is 10.6 Å². The van der Waals surface area contributed by atoms with Gasteiger partial charge in [-0.25, -0.2) is 4.39 Å². The molecule has 146 valence electrons. The minimum atomic E-state index is -0.196. The molecule has 2 fully saturated rings. The lowest BCUT2D eigenvalue weighted by Gasteiger charge is -2.28. The highest BCUT2D eigenvalue weighted by molar-refractivity contribution is 14.0. The fraction of sp³-hybridized carbons (Fsp3) is 0.632. The predicted octanol–water partition coefficient (Wildman–Crippen LogP) is 2.43. The van der Waals surface area contributed by atoms with Crippen molar-refractivity contribution in [3.63, 3.8) is 0 Å². The number of rotatable bonds is 7. The molecule has 0 aromatic heterocycles. The normalized spacial score (nSPS) is 24.0. The monoisotopic (exact) mass is 477 g/mol. The van der Waals surface area contributed by atoms with E-state index < -0.39 is 0 Å². The minimum absolute atomic E-state index is 0. The lowest BCUT2D eigenvalue weighted by molar-refractivity contribution is 0.127. The number of guanidine groups is 1. The average molecular weight is 477 g/mol. The largest absolute Gasteiger partial charge is 0.396 e. The van der Waals surface area contributed by atoms with Gasteiger partial charge in [-0.15, -0.1) is 24.0 Å². The van der Waals surface area contributed by atoms with Gasteiger partial charge in [0.1, 0.15) is 5.82 Å². The Hall–Kier alpha value is -0.930. The van der Waals surface area contributed by atoms with Crippen LogP contribution in [0.5, 0.6) is 0 Å². The van der Waals surface area contributed by atoms with E-state index in [0.29, 0.717) is 6.61 Å². The molecule has 1 unspecified atom stereocenters. The molecule has 3 N–H and O–H groups in total. The lowest BCUT2D eigenvalue weighted by atomic mass is 9.84. The number of nitrogens with zero attached hydrogens (tertiary/aromatic N) is 1. The van der Waals surface area contributed by atoms with Gasteiger partial charge in [0.15, 0.2) is 5.96 Å². The van der Waals surface area contributed by atoms with Crippen molar-refractivity contribution in [3.05, 3.63) is 35.6 Å². The maximum Gasteiger partial charge on any atom is 0.191 e. The molecule has 2 aliphatic rings. The van der Waals surface area contributed by atoms with Gasteiger partial charge in [-0.2, -0.15) is 0 Å². The summed E-state index contributed by atoms with van der Waals surface area (Å²) in [4.78, 5) is 4.31. The Labute approximate surface area is 171 Å². The molecule has 5 nitrogen and oxygen atoms in total. The number of halogens is 2. The third kappa shape index (κ3) is 5.07. The third-order valence-electron chi connectivity index (χ3n) is 5.59. The summed E-state index contributed by atoms with van der Waals surface area (Å²) in [6.07, 6.45) is 3.89. The molecule has 3 rings (SSSR count). The van der Waals surface area contributed by atoms with Crippen LogP contribution in [0.4, 0.5) is 4.39 Å². The molecule has 1 atom stereocenters. The highest BCUT2D eigenvalue weighted by Crippen LogP contribution is 2.47. The molecule has 26 heavy (non-hydrogen) atoms. The Bertz CT molecular complexity index is 599. The van der Waals surface area contributed by atoms with Crippen molar-refractivity contribution < 1.29 is 14.2 Å². The van der Waals surface area contributed by atoms with Crippen molar-refractivity contribution >= 4 is 29.9 Å². The molecule has 1 aromatic rings. The first kappa shape index (κ1) is 21.4. The molecule has 1 aliphatic heterocycles. The Kier molecular flexibility index (Phi) is 7.66. The smallest absolute Gasteiger partial charge is 0.191 e. The fourth-order valence-electron chi connectivity index (χ4n) is 3.58. The van der Waals surface area contributed by atoms with E-state index in [-0.39, 0.29) is 47.2 Å². The van der Waals surface area contributed by atoms with Crippen LogP contribution < -0.4 is 10.6 Å². The fourth-order valence-corrected chi connectivity index (χ4v) is 3.58. The number of hydrogen-bond donors (Lipinski definition) is 3. The Balaban J connectivity index is 0.00000243. The van der Waals surface area contributed by atoms with Crippen molar-refractivity contribution in [3.8, 4) is 0 Å². The summed E-state index contributed by atoms with van der Waals surface area (Å²) in [6, 6.07) is 6.82. The van der Waals surface area contributed by atoms with Crippen molar-refractivity contribution in [2.75, 3.05) is 40.0 Å². The van der Waals surface area contributed by atoms with Crippen LogP contribution in [-0.2, 0) is 10.2 Å². The zero-order valence-electron chi connectivity index (χ0n) is 15.3.